The van der Waals surface area contributed by atoms with Crippen molar-refractivity contribution < 1.29 is 14.3 Å². The van der Waals surface area contributed by atoms with E-state index in [9.17, 15) is 9.59 Å². The Kier molecular flexibility index (Phi) is 3.22. The van der Waals surface area contributed by atoms with Gasteiger partial charge in [-0.1, -0.05) is 20.8 Å². The van der Waals surface area contributed by atoms with E-state index in [0.717, 1.165) is 6.42 Å². The van der Waals surface area contributed by atoms with E-state index in [1.54, 1.807) is 6.92 Å². The largest absolute Gasteiger partial charge is 0.469 e. The van der Waals surface area contributed by atoms with Gasteiger partial charge in [0.2, 0.25) is 0 Å². The molecule has 0 aromatic rings. The zero-order chi connectivity index (χ0) is 11.8. The maximum Gasteiger partial charge on any atom is 0.309 e. The standard InChI is InChI=1S/C12H20O3/c1-7(8(2)13)6-9-10(11(14)15-5)12(9,3)4/h7,9-10H,6H2,1-5H3/t7?,9-,10-/m1/s1. The molecular weight excluding hydrogens is 192 g/mol. The first-order valence-electron chi connectivity index (χ1n) is 5.40. The van der Waals surface area contributed by atoms with Crippen LogP contribution in [0.15, 0.2) is 0 Å². The van der Waals surface area contributed by atoms with Gasteiger partial charge in [-0.25, -0.2) is 0 Å². The summed E-state index contributed by atoms with van der Waals surface area (Å²) in [6, 6.07) is 0. The summed E-state index contributed by atoms with van der Waals surface area (Å²) in [6.45, 7) is 7.65. The number of esters is 1. The van der Waals surface area contributed by atoms with Gasteiger partial charge in [-0.2, -0.15) is 0 Å². The Balaban J connectivity index is 2.59. The molecule has 1 unspecified atom stereocenters. The van der Waals surface area contributed by atoms with Crippen LogP contribution < -0.4 is 0 Å². The first kappa shape index (κ1) is 12.2. The number of methoxy groups -OCH3 is 1. The van der Waals surface area contributed by atoms with Crippen LogP contribution in [-0.2, 0) is 14.3 Å². The van der Waals surface area contributed by atoms with Gasteiger partial charge in [0.1, 0.15) is 5.78 Å². The SMILES string of the molecule is COC(=O)[C@H]1[C@@H](CC(C)C(C)=O)C1(C)C. The summed E-state index contributed by atoms with van der Waals surface area (Å²) < 4.78 is 4.76. The zero-order valence-electron chi connectivity index (χ0n) is 10.2. The van der Waals surface area contributed by atoms with Crippen LogP contribution in [0, 0.1) is 23.2 Å². The van der Waals surface area contributed by atoms with Gasteiger partial charge in [0.15, 0.2) is 0 Å². The molecule has 3 heteroatoms. The molecule has 3 atom stereocenters. The molecule has 0 spiro atoms. The maximum absolute atomic E-state index is 11.4. The third kappa shape index (κ3) is 2.21. The molecule has 1 rings (SSSR count). The number of carbonyl (C=O) groups is 2. The van der Waals surface area contributed by atoms with Crippen molar-refractivity contribution in [1.29, 1.82) is 0 Å². The van der Waals surface area contributed by atoms with Crippen molar-refractivity contribution in [2.45, 2.75) is 34.1 Å². The molecule has 0 saturated heterocycles. The second kappa shape index (κ2) is 3.95. The topological polar surface area (TPSA) is 43.4 Å². The lowest BCUT2D eigenvalue weighted by atomic mass is 9.97. The quantitative estimate of drug-likeness (QED) is 0.670. The molecule has 0 heterocycles. The van der Waals surface area contributed by atoms with Gasteiger partial charge in [0.25, 0.3) is 0 Å². The molecule has 1 fully saturated rings. The molecule has 0 aromatic carbocycles. The first-order chi connectivity index (χ1) is 6.82. The van der Waals surface area contributed by atoms with Crippen LogP contribution in [0.25, 0.3) is 0 Å². The summed E-state index contributed by atoms with van der Waals surface area (Å²) in [5, 5.41) is 0. The Morgan fingerprint density at radius 3 is 2.33 bits per heavy atom. The highest BCUT2D eigenvalue weighted by atomic mass is 16.5. The van der Waals surface area contributed by atoms with Gasteiger partial charge in [-0.05, 0) is 24.7 Å². The number of Topliss-reactive ketones (excluding diaryl/α,β-unsaturated/α-hetero) is 1. The third-order valence-electron chi connectivity index (χ3n) is 3.81. The third-order valence-corrected chi connectivity index (χ3v) is 3.81. The summed E-state index contributed by atoms with van der Waals surface area (Å²) in [5.74, 6) is 0.374. The van der Waals surface area contributed by atoms with Crippen molar-refractivity contribution in [3.05, 3.63) is 0 Å². The van der Waals surface area contributed by atoms with E-state index in [2.05, 4.69) is 13.8 Å². The molecular formula is C12H20O3. The highest BCUT2D eigenvalue weighted by Gasteiger charge is 2.62. The van der Waals surface area contributed by atoms with Crippen LogP contribution in [0.4, 0.5) is 0 Å². The minimum Gasteiger partial charge on any atom is -0.469 e. The zero-order valence-corrected chi connectivity index (χ0v) is 10.2. The van der Waals surface area contributed by atoms with Crippen LogP contribution in [0.2, 0.25) is 0 Å². The lowest BCUT2D eigenvalue weighted by Gasteiger charge is -2.07. The summed E-state index contributed by atoms with van der Waals surface area (Å²) in [7, 11) is 1.42. The Hall–Kier alpha value is -0.860. The van der Waals surface area contributed by atoms with E-state index in [1.807, 2.05) is 6.92 Å². The molecule has 1 aliphatic rings. The van der Waals surface area contributed by atoms with Crippen molar-refractivity contribution in [2.75, 3.05) is 7.11 Å². The smallest absolute Gasteiger partial charge is 0.309 e. The Labute approximate surface area is 91.2 Å². The summed E-state index contributed by atoms with van der Waals surface area (Å²) in [5.41, 5.74) is -0.00317. The molecule has 0 bridgehead atoms. The fraction of sp³-hybridized carbons (Fsp3) is 0.833. The van der Waals surface area contributed by atoms with E-state index >= 15 is 0 Å². The van der Waals surface area contributed by atoms with E-state index < -0.39 is 0 Å². The molecule has 0 aromatic heterocycles. The lowest BCUT2D eigenvalue weighted by Crippen LogP contribution is -2.10. The molecule has 1 saturated carbocycles. The average molecular weight is 212 g/mol. The highest BCUT2D eigenvalue weighted by Crippen LogP contribution is 2.61. The fourth-order valence-corrected chi connectivity index (χ4v) is 2.33. The second-order valence-corrected chi connectivity index (χ2v) is 5.18. The average Bonchev–Trinajstić information content (AvgIpc) is 2.67. The van der Waals surface area contributed by atoms with Crippen molar-refractivity contribution in [2.24, 2.45) is 23.2 Å². The second-order valence-electron chi connectivity index (χ2n) is 5.18. The number of hydrogen-bond acceptors (Lipinski definition) is 3. The number of rotatable bonds is 4. The van der Waals surface area contributed by atoms with Gasteiger partial charge >= 0.3 is 5.97 Å². The molecule has 0 N–H and O–H groups in total. The van der Waals surface area contributed by atoms with Gasteiger partial charge < -0.3 is 4.74 Å². The summed E-state index contributed by atoms with van der Waals surface area (Å²) >= 11 is 0. The van der Waals surface area contributed by atoms with Crippen LogP contribution >= 0.6 is 0 Å². The number of ether oxygens (including phenoxy) is 1. The Morgan fingerprint density at radius 2 is 1.93 bits per heavy atom. The number of carbonyl (C=O) groups excluding carboxylic acids is 2. The predicted octanol–water partition coefficient (Wildman–Crippen LogP) is 2.05. The van der Waals surface area contributed by atoms with Crippen molar-refractivity contribution in [3.63, 3.8) is 0 Å². The maximum atomic E-state index is 11.4. The van der Waals surface area contributed by atoms with Crippen molar-refractivity contribution in [1.82, 2.24) is 0 Å². The van der Waals surface area contributed by atoms with Crippen molar-refractivity contribution in [3.8, 4) is 0 Å². The molecule has 15 heavy (non-hydrogen) atoms. The minimum atomic E-state index is -0.138. The molecule has 86 valence electrons. The molecule has 1 aliphatic carbocycles. The molecule has 0 aliphatic heterocycles. The Bertz CT molecular complexity index is 281. The highest BCUT2D eigenvalue weighted by molar-refractivity contribution is 5.79. The molecule has 3 nitrogen and oxygen atoms in total. The van der Waals surface area contributed by atoms with E-state index in [1.165, 1.54) is 7.11 Å². The van der Waals surface area contributed by atoms with Crippen LogP contribution in [0.1, 0.15) is 34.1 Å². The Morgan fingerprint density at radius 1 is 1.40 bits per heavy atom. The predicted molar refractivity (Wildman–Crippen MR) is 57.2 cm³/mol. The monoisotopic (exact) mass is 212 g/mol. The fourth-order valence-electron chi connectivity index (χ4n) is 2.33. The first-order valence-corrected chi connectivity index (χ1v) is 5.40. The molecule has 0 amide bonds. The lowest BCUT2D eigenvalue weighted by molar-refractivity contribution is -0.143. The van der Waals surface area contributed by atoms with Crippen LogP contribution in [0.3, 0.4) is 0 Å². The minimum absolute atomic E-state index is 0.00317. The van der Waals surface area contributed by atoms with Gasteiger partial charge in [0.05, 0.1) is 13.0 Å². The normalized spacial score (nSPS) is 29.4. The summed E-state index contributed by atoms with van der Waals surface area (Å²) in [6.07, 6.45) is 0.794. The van der Waals surface area contributed by atoms with Crippen molar-refractivity contribution >= 4 is 11.8 Å². The van der Waals surface area contributed by atoms with E-state index in [4.69, 9.17) is 4.74 Å². The van der Waals surface area contributed by atoms with Gasteiger partial charge in [0, 0.05) is 5.92 Å². The van der Waals surface area contributed by atoms with Crippen LogP contribution in [-0.4, -0.2) is 18.9 Å². The molecule has 0 radical (unpaired) electrons. The number of hydrogen-bond donors (Lipinski definition) is 0. The number of ketones is 1. The van der Waals surface area contributed by atoms with E-state index in [-0.39, 0.29) is 29.0 Å². The van der Waals surface area contributed by atoms with Gasteiger partial charge in [-0.3, -0.25) is 9.59 Å². The van der Waals surface area contributed by atoms with Crippen LogP contribution in [0.5, 0.6) is 0 Å². The van der Waals surface area contributed by atoms with E-state index in [0.29, 0.717) is 5.92 Å². The summed E-state index contributed by atoms with van der Waals surface area (Å²) in [4.78, 5) is 22.6. The van der Waals surface area contributed by atoms with Gasteiger partial charge in [-0.15, -0.1) is 0 Å².